The summed E-state index contributed by atoms with van der Waals surface area (Å²) in [5.74, 6) is 1.23. The van der Waals surface area contributed by atoms with Gasteiger partial charge in [-0.2, -0.15) is 11.8 Å². The average molecular weight is 343 g/mol. The van der Waals surface area contributed by atoms with E-state index in [0.717, 1.165) is 24.9 Å². The van der Waals surface area contributed by atoms with Crippen LogP contribution in [0.25, 0.3) is 0 Å². The lowest BCUT2D eigenvalue weighted by Crippen LogP contribution is -2.37. The molecule has 1 aliphatic heterocycles. The molecule has 2 rings (SSSR count). The molecule has 1 atom stereocenters. The highest BCUT2D eigenvalue weighted by molar-refractivity contribution is 9.10. The van der Waals surface area contributed by atoms with Gasteiger partial charge in [-0.05, 0) is 17.7 Å². The summed E-state index contributed by atoms with van der Waals surface area (Å²) in [6, 6.07) is 7.16. The van der Waals surface area contributed by atoms with E-state index in [-0.39, 0.29) is 0 Å². The van der Waals surface area contributed by atoms with E-state index >= 15 is 0 Å². The minimum Gasteiger partial charge on any atom is -0.369 e. The molecule has 1 N–H and O–H groups in total. The molecule has 2 nitrogen and oxygen atoms in total. The summed E-state index contributed by atoms with van der Waals surface area (Å²) >= 11 is 5.68. The van der Waals surface area contributed by atoms with Gasteiger partial charge in [0.25, 0.3) is 0 Å². The first-order valence-corrected chi connectivity index (χ1v) is 8.79. The molecule has 1 heterocycles. The van der Waals surface area contributed by atoms with Crippen LogP contribution in [-0.4, -0.2) is 30.1 Å². The number of rotatable bonds is 4. The Bertz CT molecular complexity index is 423. The summed E-state index contributed by atoms with van der Waals surface area (Å²) in [5.41, 5.74) is 2.78. The quantitative estimate of drug-likeness (QED) is 0.893. The number of benzene rings is 1. The SMILES string of the molecule is CC(C)NCc1ccc(Br)cc1N1CCSC(C)C1. The number of thioether (sulfide) groups is 1. The smallest absolute Gasteiger partial charge is 0.0423 e. The Morgan fingerprint density at radius 2 is 2.26 bits per heavy atom. The van der Waals surface area contributed by atoms with Crippen molar-refractivity contribution in [2.45, 2.75) is 38.6 Å². The Morgan fingerprint density at radius 1 is 1.47 bits per heavy atom. The van der Waals surface area contributed by atoms with Gasteiger partial charge in [0.15, 0.2) is 0 Å². The summed E-state index contributed by atoms with van der Waals surface area (Å²) in [4.78, 5) is 2.53. The van der Waals surface area contributed by atoms with Crippen molar-refractivity contribution < 1.29 is 0 Å². The Kier molecular flexibility index (Phi) is 5.60. The highest BCUT2D eigenvalue weighted by Crippen LogP contribution is 2.29. The van der Waals surface area contributed by atoms with E-state index in [1.165, 1.54) is 21.5 Å². The molecule has 1 saturated heterocycles. The largest absolute Gasteiger partial charge is 0.369 e. The van der Waals surface area contributed by atoms with Gasteiger partial charge in [0.1, 0.15) is 0 Å². The topological polar surface area (TPSA) is 15.3 Å². The molecule has 1 aromatic carbocycles. The molecule has 1 fully saturated rings. The molecule has 0 saturated carbocycles. The van der Waals surface area contributed by atoms with Gasteiger partial charge in [-0.3, -0.25) is 0 Å². The van der Waals surface area contributed by atoms with Crippen molar-refractivity contribution in [2.75, 3.05) is 23.7 Å². The van der Waals surface area contributed by atoms with Crippen LogP contribution >= 0.6 is 27.7 Å². The summed E-state index contributed by atoms with van der Waals surface area (Å²) < 4.78 is 1.17. The molecule has 4 heteroatoms. The van der Waals surface area contributed by atoms with Gasteiger partial charge in [0.05, 0.1) is 0 Å². The molecule has 0 spiro atoms. The highest BCUT2D eigenvalue weighted by Gasteiger charge is 2.19. The summed E-state index contributed by atoms with van der Waals surface area (Å²) in [7, 11) is 0. The predicted octanol–water partition coefficient (Wildman–Crippen LogP) is 3.89. The maximum Gasteiger partial charge on any atom is 0.0423 e. The van der Waals surface area contributed by atoms with Crippen LogP contribution in [0.5, 0.6) is 0 Å². The molecule has 0 bridgehead atoms. The van der Waals surface area contributed by atoms with E-state index in [1.807, 2.05) is 0 Å². The summed E-state index contributed by atoms with van der Waals surface area (Å²) in [5, 5.41) is 4.25. The lowest BCUT2D eigenvalue weighted by molar-refractivity contribution is 0.587. The van der Waals surface area contributed by atoms with Crippen LogP contribution in [0.2, 0.25) is 0 Å². The lowest BCUT2D eigenvalue weighted by Gasteiger charge is -2.34. The van der Waals surface area contributed by atoms with Gasteiger partial charge in [0, 0.05) is 46.8 Å². The molecule has 1 aliphatic rings. The fraction of sp³-hybridized carbons (Fsp3) is 0.600. The van der Waals surface area contributed by atoms with E-state index in [1.54, 1.807) is 0 Å². The second kappa shape index (κ2) is 7.00. The second-order valence-electron chi connectivity index (χ2n) is 5.44. The number of nitrogens with zero attached hydrogens (tertiary/aromatic N) is 1. The van der Waals surface area contributed by atoms with Crippen molar-refractivity contribution in [3.05, 3.63) is 28.2 Å². The third kappa shape index (κ3) is 4.40. The van der Waals surface area contributed by atoms with Crippen molar-refractivity contribution in [2.24, 2.45) is 0 Å². The van der Waals surface area contributed by atoms with Crippen LogP contribution in [-0.2, 0) is 6.54 Å². The Hall–Kier alpha value is -0.190. The van der Waals surface area contributed by atoms with Crippen LogP contribution < -0.4 is 10.2 Å². The fourth-order valence-electron chi connectivity index (χ4n) is 2.33. The molecule has 0 aliphatic carbocycles. The van der Waals surface area contributed by atoms with E-state index < -0.39 is 0 Å². The number of anilines is 1. The molecule has 0 aromatic heterocycles. The third-order valence-corrected chi connectivity index (χ3v) is 4.96. The van der Waals surface area contributed by atoms with Crippen LogP contribution in [0, 0.1) is 0 Å². The van der Waals surface area contributed by atoms with Gasteiger partial charge in [-0.15, -0.1) is 0 Å². The van der Waals surface area contributed by atoms with E-state index in [4.69, 9.17) is 0 Å². The Labute approximate surface area is 129 Å². The first kappa shape index (κ1) is 15.2. The normalized spacial score (nSPS) is 20.1. The lowest BCUT2D eigenvalue weighted by atomic mass is 10.1. The number of nitrogens with one attached hydrogen (secondary N) is 1. The van der Waals surface area contributed by atoms with Gasteiger partial charge in [-0.25, -0.2) is 0 Å². The molecular formula is C15H23BrN2S. The molecule has 0 amide bonds. The summed E-state index contributed by atoms with van der Waals surface area (Å²) in [6.45, 7) is 9.95. The molecule has 0 radical (unpaired) electrons. The Balaban J connectivity index is 2.18. The van der Waals surface area contributed by atoms with Crippen LogP contribution in [0.15, 0.2) is 22.7 Å². The second-order valence-corrected chi connectivity index (χ2v) is 7.90. The van der Waals surface area contributed by atoms with Gasteiger partial charge < -0.3 is 10.2 Å². The van der Waals surface area contributed by atoms with Crippen LogP contribution in [0.1, 0.15) is 26.3 Å². The van der Waals surface area contributed by atoms with Gasteiger partial charge in [-0.1, -0.05) is 42.8 Å². The van der Waals surface area contributed by atoms with E-state index in [0.29, 0.717) is 6.04 Å². The minimum absolute atomic E-state index is 0.521. The summed E-state index contributed by atoms with van der Waals surface area (Å²) in [6.07, 6.45) is 0. The van der Waals surface area contributed by atoms with Crippen molar-refractivity contribution in [3.63, 3.8) is 0 Å². The van der Waals surface area contributed by atoms with Crippen molar-refractivity contribution >= 4 is 33.4 Å². The van der Waals surface area contributed by atoms with Crippen LogP contribution in [0.4, 0.5) is 5.69 Å². The Morgan fingerprint density at radius 3 is 2.95 bits per heavy atom. The first-order valence-electron chi connectivity index (χ1n) is 6.94. The highest BCUT2D eigenvalue weighted by atomic mass is 79.9. The molecular weight excluding hydrogens is 320 g/mol. The molecule has 19 heavy (non-hydrogen) atoms. The third-order valence-electron chi connectivity index (χ3n) is 3.33. The molecule has 106 valence electrons. The van der Waals surface area contributed by atoms with Crippen molar-refractivity contribution in [3.8, 4) is 0 Å². The zero-order valence-electron chi connectivity index (χ0n) is 11.9. The van der Waals surface area contributed by atoms with Gasteiger partial charge >= 0.3 is 0 Å². The van der Waals surface area contributed by atoms with Gasteiger partial charge in [0.2, 0.25) is 0 Å². The zero-order chi connectivity index (χ0) is 13.8. The van der Waals surface area contributed by atoms with Crippen LogP contribution in [0.3, 0.4) is 0 Å². The maximum absolute atomic E-state index is 3.61. The van der Waals surface area contributed by atoms with E-state index in [9.17, 15) is 0 Å². The predicted molar refractivity (Wildman–Crippen MR) is 90.3 cm³/mol. The first-order chi connectivity index (χ1) is 9.06. The van der Waals surface area contributed by atoms with Crippen molar-refractivity contribution in [1.29, 1.82) is 0 Å². The number of hydrogen-bond donors (Lipinski definition) is 1. The number of halogens is 1. The minimum atomic E-state index is 0.521. The monoisotopic (exact) mass is 342 g/mol. The van der Waals surface area contributed by atoms with E-state index in [2.05, 4.69) is 76.9 Å². The fourth-order valence-corrected chi connectivity index (χ4v) is 3.69. The number of hydrogen-bond acceptors (Lipinski definition) is 3. The average Bonchev–Trinajstić information content (AvgIpc) is 2.37. The maximum atomic E-state index is 3.61. The van der Waals surface area contributed by atoms with Crippen molar-refractivity contribution in [1.82, 2.24) is 5.32 Å². The standard InChI is InChI=1S/C15H23BrN2S/c1-11(2)17-9-13-4-5-14(16)8-15(13)18-6-7-19-12(3)10-18/h4-5,8,11-12,17H,6-7,9-10H2,1-3H3. The molecule has 1 unspecified atom stereocenters. The zero-order valence-corrected chi connectivity index (χ0v) is 14.4. The molecule has 1 aromatic rings.